The molecule has 1 N–H and O–H groups in total. The first-order chi connectivity index (χ1) is 12.1. The molecule has 0 heterocycles. The highest BCUT2D eigenvalue weighted by molar-refractivity contribution is 7.91. The fourth-order valence-electron chi connectivity index (χ4n) is 2.06. The van der Waals surface area contributed by atoms with Gasteiger partial charge in [0, 0.05) is 10.7 Å². The van der Waals surface area contributed by atoms with Gasteiger partial charge in [-0.25, -0.2) is 8.42 Å². The average molecular weight is 404 g/mol. The Kier molecular flexibility index (Phi) is 6.20. The van der Waals surface area contributed by atoms with Gasteiger partial charge in [0.15, 0.2) is 6.10 Å². The molecule has 2 rings (SSSR count). The Balaban J connectivity index is 2.05. The number of halogens is 3. The maximum absolute atomic E-state index is 12.5. The van der Waals surface area contributed by atoms with Crippen LogP contribution in [0, 0.1) is 6.92 Å². The van der Waals surface area contributed by atoms with Gasteiger partial charge in [0.1, 0.15) is 5.75 Å². The molecule has 0 radical (unpaired) electrons. The number of alkyl halides is 2. The van der Waals surface area contributed by atoms with E-state index in [1.807, 2.05) is 0 Å². The molecule has 1 amide bonds. The Morgan fingerprint density at radius 3 is 2.31 bits per heavy atom. The highest BCUT2D eigenvalue weighted by atomic mass is 35.5. The molecule has 0 aliphatic rings. The maximum Gasteiger partial charge on any atom is 0.341 e. The Morgan fingerprint density at radius 1 is 1.15 bits per heavy atom. The smallest absolute Gasteiger partial charge is 0.341 e. The van der Waals surface area contributed by atoms with Gasteiger partial charge >= 0.3 is 5.76 Å². The number of nitrogens with one attached hydrogen (secondary N) is 1. The number of hydrogen-bond donors (Lipinski definition) is 1. The van der Waals surface area contributed by atoms with Crippen molar-refractivity contribution < 1.29 is 26.7 Å². The van der Waals surface area contributed by atoms with Crippen molar-refractivity contribution in [2.75, 3.05) is 5.32 Å². The van der Waals surface area contributed by atoms with Gasteiger partial charge < -0.3 is 10.1 Å². The summed E-state index contributed by atoms with van der Waals surface area (Å²) in [5.74, 6) is -3.49. The third kappa shape index (κ3) is 4.70. The molecule has 0 saturated carbocycles. The van der Waals surface area contributed by atoms with Crippen molar-refractivity contribution >= 4 is 33.0 Å². The predicted octanol–water partition coefficient (Wildman–Crippen LogP) is 4.05. The molecule has 0 aliphatic carbocycles. The van der Waals surface area contributed by atoms with Gasteiger partial charge in [0.05, 0.1) is 4.90 Å². The number of amides is 1. The van der Waals surface area contributed by atoms with Crippen LogP contribution in [0.15, 0.2) is 47.4 Å². The molecule has 0 spiro atoms. The minimum Gasteiger partial charge on any atom is -0.481 e. The van der Waals surface area contributed by atoms with Crippen LogP contribution < -0.4 is 10.1 Å². The molecule has 0 aliphatic heterocycles. The number of hydrogen-bond acceptors (Lipinski definition) is 4. The minimum atomic E-state index is -4.67. The van der Waals surface area contributed by atoms with E-state index in [0.717, 1.165) is 17.7 Å². The first-order valence-corrected chi connectivity index (χ1v) is 9.39. The van der Waals surface area contributed by atoms with Crippen LogP contribution in [0.5, 0.6) is 5.75 Å². The van der Waals surface area contributed by atoms with E-state index in [0.29, 0.717) is 10.8 Å². The van der Waals surface area contributed by atoms with E-state index in [9.17, 15) is 22.0 Å². The second-order valence-electron chi connectivity index (χ2n) is 5.49. The lowest BCUT2D eigenvalue weighted by Gasteiger charge is -2.16. The second-order valence-corrected chi connectivity index (χ2v) is 7.84. The van der Waals surface area contributed by atoms with Crippen molar-refractivity contribution in [3.63, 3.8) is 0 Å². The van der Waals surface area contributed by atoms with Crippen LogP contribution in [-0.4, -0.2) is 26.2 Å². The van der Waals surface area contributed by atoms with Crippen molar-refractivity contribution in [2.45, 2.75) is 30.6 Å². The Bertz CT molecular complexity index is 901. The monoisotopic (exact) mass is 403 g/mol. The number of anilines is 1. The highest BCUT2D eigenvalue weighted by Gasteiger charge is 2.26. The summed E-state index contributed by atoms with van der Waals surface area (Å²) in [6, 6.07) is 9.45. The molecule has 9 heteroatoms. The molecule has 1 unspecified atom stereocenters. The lowest BCUT2D eigenvalue weighted by molar-refractivity contribution is -0.122. The van der Waals surface area contributed by atoms with Gasteiger partial charge in [0.25, 0.3) is 5.91 Å². The first-order valence-electron chi connectivity index (χ1n) is 7.47. The Labute approximate surface area is 154 Å². The number of sulfone groups is 1. The summed E-state index contributed by atoms with van der Waals surface area (Å²) in [5.41, 5.74) is 1.02. The molecule has 1 atom stereocenters. The summed E-state index contributed by atoms with van der Waals surface area (Å²) in [7, 11) is -4.67. The standard InChI is InChI=1S/C17H16ClF2NO4S/c1-10-9-12(18)3-8-15(10)25-11(2)16(22)21-13-4-6-14(7-5-13)26(23,24)17(19)20/h3-9,11,17H,1-2H3,(H,21,22). The number of carbonyl (C=O) groups is 1. The molecule has 0 fully saturated rings. The number of aryl methyl sites for hydroxylation is 1. The van der Waals surface area contributed by atoms with Gasteiger partial charge in [-0.3, -0.25) is 4.79 Å². The van der Waals surface area contributed by atoms with Crippen LogP contribution in [0.3, 0.4) is 0 Å². The predicted molar refractivity (Wildman–Crippen MR) is 94.5 cm³/mol. The van der Waals surface area contributed by atoms with Crippen LogP contribution in [0.1, 0.15) is 12.5 Å². The van der Waals surface area contributed by atoms with Crippen molar-refractivity contribution in [2.24, 2.45) is 0 Å². The molecule has 26 heavy (non-hydrogen) atoms. The SMILES string of the molecule is Cc1cc(Cl)ccc1OC(C)C(=O)Nc1ccc(S(=O)(=O)C(F)F)cc1. The molecule has 0 saturated heterocycles. The summed E-state index contributed by atoms with van der Waals surface area (Å²) >= 11 is 5.86. The molecular formula is C17H16ClF2NO4S. The van der Waals surface area contributed by atoms with E-state index in [4.69, 9.17) is 16.3 Å². The lowest BCUT2D eigenvalue weighted by Crippen LogP contribution is -2.30. The van der Waals surface area contributed by atoms with Crippen molar-refractivity contribution in [3.8, 4) is 5.75 Å². The van der Waals surface area contributed by atoms with Gasteiger partial charge in [-0.1, -0.05) is 11.6 Å². The van der Waals surface area contributed by atoms with E-state index in [1.54, 1.807) is 32.0 Å². The van der Waals surface area contributed by atoms with E-state index < -0.39 is 32.5 Å². The summed E-state index contributed by atoms with van der Waals surface area (Å²) in [6.07, 6.45) is -0.848. The van der Waals surface area contributed by atoms with Crippen LogP contribution in [-0.2, 0) is 14.6 Å². The largest absolute Gasteiger partial charge is 0.481 e. The Morgan fingerprint density at radius 2 is 1.77 bits per heavy atom. The fourth-order valence-corrected chi connectivity index (χ4v) is 3.01. The number of ether oxygens (including phenoxy) is 1. The topological polar surface area (TPSA) is 72.5 Å². The van der Waals surface area contributed by atoms with Gasteiger partial charge in [0.2, 0.25) is 9.84 Å². The van der Waals surface area contributed by atoms with Crippen molar-refractivity contribution in [1.29, 1.82) is 0 Å². The van der Waals surface area contributed by atoms with Crippen LogP contribution in [0.2, 0.25) is 5.02 Å². The molecule has 0 aromatic heterocycles. The minimum absolute atomic E-state index is 0.256. The maximum atomic E-state index is 12.5. The molecule has 2 aromatic rings. The first kappa shape index (κ1) is 20.1. The lowest BCUT2D eigenvalue weighted by atomic mass is 10.2. The molecule has 0 bridgehead atoms. The summed E-state index contributed by atoms with van der Waals surface area (Å²) in [5, 5.41) is 3.08. The average Bonchev–Trinajstić information content (AvgIpc) is 2.57. The number of benzene rings is 2. The van der Waals surface area contributed by atoms with E-state index >= 15 is 0 Å². The fraction of sp³-hybridized carbons (Fsp3) is 0.235. The van der Waals surface area contributed by atoms with Gasteiger partial charge in [-0.05, 0) is 61.9 Å². The zero-order valence-electron chi connectivity index (χ0n) is 13.9. The third-order valence-electron chi connectivity index (χ3n) is 3.49. The van der Waals surface area contributed by atoms with E-state index in [-0.39, 0.29) is 5.69 Å². The zero-order valence-corrected chi connectivity index (χ0v) is 15.4. The van der Waals surface area contributed by atoms with Crippen LogP contribution >= 0.6 is 11.6 Å². The van der Waals surface area contributed by atoms with Gasteiger partial charge in [-0.2, -0.15) is 8.78 Å². The molecule has 2 aromatic carbocycles. The summed E-state index contributed by atoms with van der Waals surface area (Å²) in [4.78, 5) is 11.7. The molecular weight excluding hydrogens is 388 g/mol. The van der Waals surface area contributed by atoms with Gasteiger partial charge in [-0.15, -0.1) is 0 Å². The normalized spacial score (nSPS) is 12.7. The Hall–Kier alpha value is -2.19. The van der Waals surface area contributed by atoms with E-state index in [2.05, 4.69) is 5.32 Å². The molecule has 5 nitrogen and oxygen atoms in total. The zero-order chi connectivity index (χ0) is 19.5. The molecule has 140 valence electrons. The second kappa shape index (κ2) is 8.01. The van der Waals surface area contributed by atoms with Crippen molar-refractivity contribution in [1.82, 2.24) is 0 Å². The van der Waals surface area contributed by atoms with Crippen LogP contribution in [0.25, 0.3) is 0 Å². The number of rotatable bonds is 6. The summed E-state index contributed by atoms with van der Waals surface area (Å²) < 4.78 is 53.3. The highest BCUT2D eigenvalue weighted by Crippen LogP contribution is 2.24. The summed E-state index contributed by atoms with van der Waals surface area (Å²) in [6.45, 7) is 3.33. The quantitative estimate of drug-likeness (QED) is 0.789. The van der Waals surface area contributed by atoms with Crippen molar-refractivity contribution in [3.05, 3.63) is 53.1 Å². The number of carbonyl (C=O) groups excluding carboxylic acids is 1. The van der Waals surface area contributed by atoms with E-state index in [1.165, 1.54) is 12.1 Å². The third-order valence-corrected chi connectivity index (χ3v) is 5.13. The van der Waals surface area contributed by atoms with Crippen LogP contribution in [0.4, 0.5) is 14.5 Å².